The van der Waals surface area contributed by atoms with Gasteiger partial charge >= 0.3 is 0 Å². The molecule has 0 radical (unpaired) electrons. The number of nitrogens with zero attached hydrogens (tertiary/aromatic N) is 1. The second-order valence-corrected chi connectivity index (χ2v) is 6.96. The van der Waals surface area contributed by atoms with E-state index < -0.39 is 0 Å². The molecule has 0 spiro atoms. The molecule has 0 amide bonds. The van der Waals surface area contributed by atoms with Crippen LogP contribution in [-0.2, 0) is 11.8 Å². The monoisotopic (exact) mass is 340 g/mol. The van der Waals surface area contributed by atoms with Crippen molar-refractivity contribution in [3.05, 3.63) is 64.2 Å². The maximum atomic E-state index is 6.06. The van der Waals surface area contributed by atoms with Gasteiger partial charge in [0, 0.05) is 29.1 Å². The lowest BCUT2D eigenvalue weighted by Gasteiger charge is -2.25. The molecule has 0 saturated heterocycles. The Morgan fingerprint density at radius 1 is 1.12 bits per heavy atom. The van der Waals surface area contributed by atoms with E-state index in [0.29, 0.717) is 13.2 Å². The Balaban J connectivity index is 1.72. The van der Waals surface area contributed by atoms with Gasteiger partial charge in [0.25, 0.3) is 0 Å². The first-order chi connectivity index (χ1) is 11.7. The zero-order chi connectivity index (χ0) is 16.6. The van der Waals surface area contributed by atoms with Crippen LogP contribution in [0.1, 0.15) is 29.5 Å². The van der Waals surface area contributed by atoms with Gasteiger partial charge in [0.05, 0.1) is 5.71 Å². The van der Waals surface area contributed by atoms with Gasteiger partial charge in [0.2, 0.25) is 0 Å². The Morgan fingerprint density at radius 3 is 2.62 bits per heavy atom. The number of fused-ring (bicyclic) bond motifs is 1. The molecule has 1 saturated carbocycles. The zero-order valence-electron chi connectivity index (χ0n) is 13.6. The van der Waals surface area contributed by atoms with Crippen molar-refractivity contribution in [2.75, 3.05) is 19.7 Å². The van der Waals surface area contributed by atoms with E-state index in [2.05, 4.69) is 24.3 Å². The summed E-state index contributed by atoms with van der Waals surface area (Å²) >= 11 is 6.06. The van der Waals surface area contributed by atoms with Crippen LogP contribution in [0.2, 0.25) is 5.02 Å². The summed E-state index contributed by atoms with van der Waals surface area (Å²) in [6, 6.07) is 14.6. The van der Waals surface area contributed by atoms with E-state index in [4.69, 9.17) is 27.1 Å². The molecule has 2 aliphatic rings. The van der Waals surface area contributed by atoms with Crippen LogP contribution in [0.25, 0.3) is 0 Å². The average molecular weight is 341 g/mol. The van der Waals surface area contributed by atoms with Gasteiger partial charge in [0.15, 0.2) is 0 Å². The fraction of sp³-hybridized carbons (Fsp3) is 0.350. The molecule has 1 aliphatic carbocycles. The number of aliphatic imine (C=N–C) groups is 1. The lowest BCUT2D eigenvalue weighted by molar-refractivity contribution is 0.328. The number of hydrogen-bond donors (Lipinski definition) is 1. The summed E-state index contributed by atoms with van der Waals surface area (Å²) in [7, 11) is 0. The Kier molecular flexibility index (Phi) is 4.07. The third-order valence-corrected chi connectivity index (χ3v) is 5.23. The normalized spacial score (nSPS) is 17.8. The molecule has 124 valence electrons. The maximum Gasteiger partial charge on any atom is 0.120 e. The highest BCUT2D eigenvalue weighted by Crippen LogP contribution is 2.52. The summed E-state index contributed by atoms with van der Waals surface area (Å²) in [5, 5.41) is 0.776. The van der Waals surface area contributed by atoms with E-state index in [0.717, 1.165) is 36.6 Å². The Morgan fingerprint density at radius 2 is 1.92 bits per heavy atom. The van der Waals surface area contributed by atoms with Gasteiger partial charge < -0.3 is 10.5 Å². The van der Waals surface area contributed by atoms with Crippen LogP contribution in [0.5, 0.6) is 5.75 Å². The molecule has 1 aliphatic heterocycles. The lowest BCUT2D eigenvalue weighted by Crippen LogP contribution is -2.26. The summed E-state index contributed by atoms with van der Waals surface area (Å²) in [5.74, 6) is 0.876. The highest BCUT2D eigenvalue weighted by atomic mass is 35.5. The molecule has 4 heteroatoms. The van der Waals surface area contributed by atoms with Crippen LogP contribution in [0.4, 0.5) is 0 Å². The van der Waals surface area contributed by atoms with Crippen LogP contribution < -0.4 is 10.5 Å². The minimum absolute atomic E-state index is 0.0479. The summed E-state index contributed by atoms with van der Waals surface area (Å²) in [6.07, 6.45) is 3.27. The van der Waals surface area contributed by atoms with Gasteiger partial charge in [-0.3, -0.25) is 4.99 Å². The standard InChI is InChI=1S/C20H21ClN2O/c21-16-4-2-15(3-5-16)20(8-9-20)19-18-13-17(24-12-10-22)6-1-14(18)7-11-23-19/h1-6,13H,7-12,22H2. The van der Waals surface area contributed by atoms with Crippen molar-refractivity contribution in [3.8, 4) is 5.75 Å². The molecule has 2 N–H and O–H groups in total. The van der Waals surface area contributed by atoms with Crippen LogP contribution in [0, 0.1) is 0 Å². The average Bonchev–Trinajstić information content (AvgIpc) is 3.41. The van der Waals surface area contributed by atoms with Crippen molar-refractivity contribution in [3.63, 3.8) is 0 Å². The van der Waals surface area contributed by atoms with Crippen LogP contribution >= 0.6 is 11.6 Å². The minimum atomic E-state index is 0.0479. The Labute approximate surface area is 147 Å². The molecule has 0 atom stereocenters. The first-order valence-electron chi connectivity index (χ1n) is 8.50. The number of rotatable bonds is 5. The first-order valence-corrected chi connectivity index (χ1v) is 8.88. The molecule has 2 aromatic carbocycles. The molecule has 1 fully saturated rings. The second-order valence-electron chi connectivity index (χ2n) is 6.53. The molecule has 0 bridgehead atoms. The molecule has 3 nitrogen and oxygen atoms in total. The van der Waals surface area contributed by atoms with Gasteiger partial charge in [-0.1, -0.05) is 29.8 Å². The summed E-state index contributed by atoms with van der Waals surface area (Å²) in [6.45, 7) is 1.92. The van der Waals surface area contributed by atoms with Crippen molar-refractivity contribution < 1.29 is 4.74 Å². The van der Waals surface area contributed by atoms with Gasteiger partial charge in [-0.15, -0.1) is 0 Å². The van der Waals surface area contributed by atoms with Crippen molar-refractivity contribution >= 4 is 17.3 Å². The van der Waals surface area contributed by atoms with Crippen LogP contribution in [-0.4, -0.2) is 25.4 Å². The molecule has 24 heavy (non-hydrogen) atoms. The highest BCUT2D eigenvalue weighted by molar-refractivity contribution is 6.30. The van der Waals surface area contributed by atoms with Crippen molar-refractivity contribution in [1.29, 1.82) is 0 Å². The number of ether oxygens (including phenoxy) is 1. The maximum absolute atomic E-state index is 6.06. The molecule has 2 aromatic rings. The quantitative estimate of drug-likeness (QED) is 0.901. The van der Waals surface area contributed by atoms with Gasteiger partial charge in [-0.05, 0) is 54.7 Å². The van der Waals surface area contributed by atoms with Gasteiger partial charge in [-0.2, -0.15) is 0 Å². The van der Waals surface area contributed by atoms with E-state index in [9.17, 15) is 0 Å². The fourth-order valence-electron chi connectivity index (χ4n) is 3.60. The predicted molar refractivity (Wildman–Crippen MR) is 98.5 cm³/mol. The SMILES string of the molecule is NCCOc1ccc2c(c1)C(C1(c3ccc(Cl)cc3)CC1)=NCC2. The third kappa shape index (κ3) is 2.72. The topological polar surface area (TPSA) is 47.6 Å². The second kappa shape index (κ2) is 6.23. The third-order valence-electron chi connectivity index (χ3n) is 4.97. The zero-order valence-corrected chi connectivity index (χ0v) is 14.4. The van der Waals surface area contributed by atoms with E-state index in [1.807, 2.05) is 18.2 Å². The van der Waals surface area contributed by atoms with E-state index in [1.165, 1.54) is 22.4 Å². The molecule has 0 aromatic heterocycles. The van der Waals surface area contributed by atoms with Crippen molar-refractivity contribution in [2.45, 2.75) is 24.7 Å². The number of benzene rings is 2. The lowest BCUT2D eigenvalue weighted by atomic mass is 9.83. The molecule has 4 rings (SSSR count). The number of nitrogens with two attached hydrogens (primary N) is 1. The van der Waals surface area contributed by atoms with Crippen molar-refractivity contribution in [1.82, 2.24) is 0 Å². The minimum Gasteiger partial charge on any atom is -0.492 e. The molecule has 0 unspecified atom stereocenters. The molecular weight excluding hydrogens is 320 g/mol. The van der Waals surface area contributed by atoms with E-state index >= 15 is 0 Å². The largest absolute Gasteiger partial charge is 0.492 e. The van der Waals surface area contributed by atoms with Crippen LogP contribution in [0.3, 0.4) is 0 Å². The van der Waals surface area contributed by atoms with Crippen LogP contribution in [0.15, 0.2) is 47.5 Å². The molecular formula is C20H21ClN2O. The predicted octanol–water partition coefficient (Wildman–Crippen LogP) is 3.75. The molecule has 1 heterocycles. The summed E-state index contributed by atoms with van der Waals surface area (Å²) in [4.78, 5) is 4.93. The van der Waals surface area contributed by atoms with E-state index in [1.54, 1.807) is 0 Å². The Bertz CT molecular complexity index is 779. The highest BCUT2D eigenvalue weighted by Gasteiger charge is 2.50. The summed E-state index contributed by atoms with van der Waals surface area (Å²) < 4.78 is 5.73. The first kappa shape index (κ1) is 15.7. The smallest absolute Gasteiger partial charge is 0.120 e. The summed E-state index contributed by atoms with van der Waals surface area (Å²) in [5.41, 5.74) is 10.7. The fourth-order valence-corrected chi connectivity index (χ4v) is 3.73. The van der Waals surface area contributed by atoms with Crippen molar-refractivity contribution in [2.24, 2.45) is 10.7 Å². The van der Waals surface area contributed by atoms with E-state index in [-0.39, 0.29) is 5.41 Å². The Hall–Kier alpha value is -1.84. The van der Waals surface area contributed by atoms with Gasteiger partial charge in [0.1, 0.15) is 12.4 Å². The number of hydrogen-bond acceptors (Lipinski definition) is 3. The van der Waals surface area contributed by atoms with Gasteiger partial charge in [-0.25, -0.2) is 0 Å². The number of halogens is 1.